The zero-order chi connectivity index (χ0) is 16.3. The van der Waals surface area contributed by atoms with Crippen molar-refractivity contribution in [3.63, 3.8) is 0 Å². The van der Waals surface area contributed by atoms with E-state index in [0.29, 0.717) is 18.7 Å². The van der Waals surface area contributed by atoms with Gasteiger partial charge in [0.25, 0.3) is 0 Å². The maximum absolute atomic E-state index is 12.1. The smallest absolute Gasteiger partial charge is 0.319 e. The van der Waals surface area contributed by atoms with E-state index in [1.807, 2.05) is 36.5 Å². The van der Waals surface area contributed by atoms with E-state index in [4.69, 9.17) is 0 Å². The third kappa shape index (κ3) is 4.10. The van der Waals surface area contributed by atoms with Crippen molar-refractivity contribution >= 4 is 21.6 Å². The van der Waals surface area contributed by atoms with Crippen LogP contribution in [0.15, 0.2) is 42.7 Å². The quantitative estimate of drug-likeness (QED) is 0.880. The highest BCUT2D eigenvalue weighted by molar-refractivity contribution is 7.91. The number of nitrogens with zero attached hydrogens (tertiary/aromatic N) is 2. The Kier molecular flexibility index (Phi) is 4.33. The van der Waals surface area contributed by atoms with Crippen LogP contribution in [0.1, 0.15) is 12.0 Å². The number of amides is 2. The first-order chi connectivity index (χ1) is 11.0. The van der Waals surface area contributed by atoms with Crippen molar-refractivity contribution in [1.82, 2.24) is 15.1 Å². The van der Waals surface area contributed by atoms with Gasteiger partial charge in [0, 0.05) is 24.1 Å². The molecule has 7 nitrogen and oxygen atoms in total. The van der Waals surface area contributed by atoms with Crippen molar-refractivity contribution in [2.24, 2.45) is 0 Å². The number of hydrogen-bond acceptors (Lipinski definition) is 4. The molecule has 2 amide bonds. The summed E-state index contributed by atoms with van der Waals surface area (Å²) in [4.78, 5) is 12.1. The minimum atomic E-state index is -3.01. The molecule has 1 saturated heterocycles. The fourth-order valence-corrected chi connectivity index (χ4v) is 4.27. The van der Waals surface area contributed by atoms with Crippen molar-refractivity contribution in [3.05, 3.63) is 48.3 Å². The van der Waals surface area contributed by atoms with E-state index >= 15 is 0 Å². The Morgan fingerprint density at radius 2 is 2.13 bits per heavy atom. The predicted molar refractivity (Wildman–Crippen MR) is 87.0 cm³/mol. The number of urea groups is 1. The second kappa shape index (κ2) is 6.41. The van der Waals surface area contributed by atoms with Gasteiger partial charge < -0.3 is 10.6 Å². The molecular formula is C15H18N4O3S. The minimum Gasteiger partial charge on any atom is -0.334 e. The van der Waals surface area contributed by atoms with Gasteiger partial charge in [-0.3, -0.25) is 4.68 Å². The summed E-state index contributed by atoms with van der Waals surface area (Å²) in [5.74, 6) is 0.142. The number of sulfone groups is 1. The van der Waals surface area contributed by atoms with Gasteiger partial charge >= 0.3 is 6.03 Å². The Balaban J connectivity index is 1.64. The Hall–Kier alpha value is -2.35. The molecule has 2 heterocycles. The number of benzene rings is 1. The molecule has 1 aliphatic heterocycles. The highest BCUT2D eigenvalue weighted by Gasteiger charge is 2.28. The van der Waals surface area contributed by atoms with Crippen LogP contribution in [0.3, 0.4) is 0 Å². The molecule has 122 valence electrons. The topological polar surface area (TPSA) is 93.1 Å². The molecule has 1 fully saturated rings. The summed E-state index contributed by atoms with van der Waals surface area (Å²) >= 11 is 0. The Morgan fingerprint density at radius 3 is 2.83 bits per heavy atom. The van der Waals surface area contributed by atoms with Crippen LogP contribution in [0, 0.1) is 0 Å². The van der Waals surface area contributed by atoms with E-state index < -0.39 is 9.84 Å². The summed E-state index contributed by atoms with van der Waals surface area (Å²) in [6.45, 7) is 0.543. The lowest BCUT2D eigenvalue weighted by Crippen LogP contribution is -2.38. The van der Waals surface area contributed by atoms with Gasteiger partial charge in [-0.15, -0.1) is 0 Å². The molecule has 1 aromatic carbocycles. The van der Waals surface area contributed by atoms with E-state index in [-0.39, 0.29) is 23.6 Å². The van der Waals surface area contributed by atoms with E-state index in [9.17, 15) is 13.2 Å². The van der Waals surface area contributed by atoms with Gasteiger partial charge in [0.1, 0.15) is 0 Å². The van der Waals surface area contributed by atoms with Crippen molar-refractivity contribution < 1.29 is 13.2 Å². The largest absolute Gasteiger partial charge is 0.334 e. The van der Waals surface area contributed by atoms with Crippen LogP contribution in [0.25, 0.3) is 0 Å². The highest BCUT2D eigenvalue weighted by Crippen LogP contribution is 2.17. The number of para-hydroxylation sites is 1. The van der Waals surface area contributed by atoms with Gasteiger partial charge in [-0.2, -0.15) is 5.10 Å². The number of hydrogen-bond donors (Lipinski definition) is 2. The highest BCUT2D eigenvalue weighted by atomic mass is 32.2. The van der Waals surface area contributed by atoms with Crippen LogP contribution in [-0.2, 0) is 16.4 Å². The van der Waals surface area contributed by atoms with Crippen LogP contribution < -0.4 is 10.6 Å². The lowest BCUT2D eigenvalue weighted by Gasteiger charge is -2.14. The van der Waals surface area contributed by atoms with Crippen molar-refractivity contribution in [2.45, 2.75) is 19.0 Å². The molecule has 3 rings (SSSR count). The normalized spacial score (nSPS) is 19.4. The lowest BCUT2D eigenvalue weighted by molar-refractivity contribution is 0.249. The Labute approximate surface area is 134 Å². The predicted octanol–water partition coefficient (Wildman–Crippen LogP) is 1.24. The summed E-state index contributed by atoms with van der Waals surface area (Å²) in [6.07, 6.45) is 4.01. The van der Waals surface area contributed by atoms with Crippen LogP contribution in [0.4, 0.5) is 10.5 Å². The molecule has 8 heteroatoms. The summed E-state index contributed by atoms with van der Waals surface area (Å²) in [5.41, 5.74) is 1.60. The van der Waals surface area contributed by atoms with Gasteiger partial charge in [-0.1, -0.05) is 18.2 Å². The number of nitrogens with one attached hydrogen (secondary N) is 2. The fourth-order valence-electron chi connectivity index (χ4n) is 2.60. The maximum Gasteiger partial charge on any atom is 0.319 e. The summed E-state index contributed by atoms with van der Waals surface area (Å²) in [6, 6.07) is 8.58. The van der Waals surface area contributed by atoms with Gasteiger partial charge in [0.15, 0.2) is 9.84 Å². The van der Waals surface area contributed by atoms with Crippen LogP contribution >= 0.6 is 0 Å². The van der Waals surface area contributed by atoms with Crippen molar-refractivity contribution in [2.75, 3.05) is 16.8 Å². The molecule has 0 radical (unpaired) electrons. The lowest BCUT2D eigenvalue weighted by atomic mass is 10.2. The molecule has 23 heavy (non-hydrogen) atoms. The molecule has 2 N–H and O–H groups in total. The van der Waals surface area contributed by atoms with E-state index in [0.717, 1.165) is 5.56 Å². The molecule has 0 saturated carbocycles. The molecule has 2 aromatic rings. The number of carbonyl (C=O) groups excluding carboxylic acids is 1. The third-order valence-corrected chi connectivity index (χ3v) is 5.49. The maximum atomic E-state index is 12.1. The molecular weight excluding hydrogens is 316 g/mol. The van der Waals surface area contributed by atoms with Gasteiger partial charge in [0.05, 0.1) is 18.1 Å². The van der Waals surface area contributed by atoms with Crippen LogP contribution in [0.2, 0.25) is 0 Å². The van der Waals surface area contributed by atoms with Gasteiger partial charge in [-0.05, 0) is 24.1 Å². The summed E-state index contributed by atoms with van der Waals surface area (Å²) in [7, 11) is -3.01. The summed E-state index contributed by atoms with van der Waals surface area (Å²) < 4.78 is 24.6. The zero-order valence-electron chi connectivity index (χ0n) is 12.5. The second-order valence-electron chi connectivity index (χ2n) is 5.56. The van der Waals surface area contributed by atoms with E-state index in [2.05, 4.69) is 15.7 Å². The average molecular weight is 334 g/mol. The first kappa shape index (κ1) is 15.5. The standard InChI is InChI=1S/C15H18N4O3S/c20-15(17-13-6-9-23(21,22)11-13)18-14-5-2-1-4-12(14)10-19-8-3-7-16-19/h1-5,7-8,13H,6,9-11H2,(H2,17,18,20)/t13-/m0/s1. The number of carbonyl (C=O) groups is 1. The average Bonchev–Trinajstić information content (AvgIpc) is 3.10. The van der Waals surface area contributed by atoms with E-state index in [1.165, 1.54) is 0 Å². The second-order valence-corrected chi connectivity index (χ2v) is 7.79. The Morgan fingerprint density at radius 1 is 1.30 bits per heavy atom. The molecule has 1 atom stereocenters. The zero-order valence-corrected chi connectivity index (χ0v) is 13.3. The first-order valence-electron chi connectivity index (χ1n) is 7.35. The molecule has 1 aliphatic rings. The first-order valence-corrected chi connectivity index (χ1v) is 9.17. The minimum absolute atomic E-state index is 0.00928. The van der Waals surface area contributed by atoms with Crippen molar-refractivity contribution in [3.8, 4) is 0 Å². The number of aromatic nitrogens is 2. The van der Waals surface area contributed by atoms with Gasteiger partial charge in [-0.25, -0.2) is 13.2 Å². The summed E-state index contributed by atoms with van der Waals surface area (Å²) in [5, 5.41) is 9.66. The Bertz CT molecular complexity index is 787. The van der Waals surface area contributed by atoms with Crippen LogP contribution in [-0.4, -0.2) is 41.8 Å². The number of anilines is 1. The molecule has 0 unspecified atom stereocenters. The molecule has 0 aliphatic carbocycles. The van der Waals surface area contributed by atoms with Gasteiger partial charge in [0.2, 0.25) is 0 Å². The molecule has 0 spiro atoms. The van der Waals surface area contributed by atoms with Crippen molar-refractivity contribution in [1.29, 1.82) is 0 Å². The van der Waals surface area contributed by atoms with E-state index in [1.54, 1.807) is 10.9 Å². The number of rotatable bonds is 4. The molecule has 0 bridgehead atoms. The van der Waals surface area contributed by atoms with Crippen LogP contribution in [0.5, 0.6) is 0 Å². The third-order valence-electron chi connectivity index (χ3n) is 3.72. The SMILES string of the molecule is O=C(Nc1ccccc1Cn1cccn1)N[C@H]1CCS(=O)(=O)C1. The fraction of sp³-hybridized carbons (Fsp3) is 0.333. The monoisotopic (exact) mass is 334 g/mol. The molecule has 1 aromatic heterocycles.